The van der Waals surface area contributed by atoms with Crippen LogP contribution in [-0.4, -0.2) is 32.7 Å². The Bertz CT molecular complexity index is 1120. The molecule has 4 rings (SSSR count). The average molecular weight is 448 g/mol. The van der Waals surface area contributed by atoms with Gasteiger partial charge in [-0.25, -0.2) is 4.98 Å². The molecule has 0 spiro atoms. The first-order valence-electron chi connectivity index (χ1n) is 11.1. The zero-order chi connectivity index (χ0) is 22.7. The van der Waals surface area contributed by atoms with Gasteiger partial charge in [-0.2, -0.15) is 11.8 Å². The number of rotatable bonds is 7. The molecule has 166 valence electrons. The van der Waals surface area contributed by atoms with E-state index >= 15 is 0 Å². The topological polar surface area (TPSA) is 74.8 Å². The van der Waals surface area contributed by atoms with Gasteiger partial charge in [-0.15, -0.1) is 0 Å². The highest BCUT2D eigenvalue weighted by Gasteiger charge is 2.31. The van der Waals surface area contributed by atoms with Crippen molar-refractivity contribution in [1.82, 2.24) is 9.97 Å². The maximum Gasteiger partial charge on any atom is 0.222 e. The molecule has 1 aliphatic rings. The number of hydrogen-bond acceptors (Lipinski definition) is 4. The molecule has 1 unspecified atom stereocenters. The molecular formula is C26H29N3O2S. The largest absolute Gasteiger partial charge is 0.358 e. The molecule has 6 heteroatoms. The lowest BCUT2D eigenvalue weighted by atomic mass is 9.84. The Hall–Kier alpha value is -2.86. The minimum Gasteiger partial charge on any atom is -0.358 e. The fourth-order valence-corrected chi connectivity index (χ4v) is 5.21. The van der Waals surface area contributed by atoms with Crippen molar-refractivity contribution in [2.75, 3.05) is 11.1 Å². The van der Waals surface area contributed by atoms with Gasteiger partial charge in [0.05, 0.1) is 5.69 Å². The molecule has 32 heavy (non-hydrogen) atoms. The van der Waals surface area contributed by atoms with Crippen LogP contribution in [0.5, 0.6) is 0 Å². The second-order valence-corrected chi connectivity index (χ2v) is 10.3. The quantitative estimate of drug-likeness (QED) is 0.501. The number of Topliss-reactive ketones (excluding diaryl/α,β-unsaturated/α-hetero) is 1. The van der Waals surface area contributed by atoms with Crippen LogP contribution in [0.15, 0.2) is 48.7 Å². The first kappa shape index (κ1) is 22.3. The van der Waals surface area contributed by atoms with Crippen LogP contribution in [0.25, 0.3) is 11.3 Å². The number of amides is 1. The van der Waals surface area contributed by atoms with Crippen LogP contribution in [0.3, 0.4) is 0 Å². The van der Waals surface area contributed by atoms with E-state index in [4.69, 9.17) is 0 Å². The third-order valence-corrected chi connectivity index (χ3v) is 7.00. The molecule has 2 heterocycles. The van der Waals surface area contributed by atoms with Crippen LogP contribution in [0.4, 0.5) is 5.82 Å². The van der Waals surface area contributed by atoms with Crippen molar-refractivity contribution < 1.29 is 9.59 Å². The van der Waals surface area contributed by atoms with Gasteiger partial charge in [0.2, 0.25) is 5.91 Å². The number of pyridine rings is 1. The first-order valence-corrected chi connectivity index (χ1v) is 12.1. The number of benzene rings is 1. The van der Waals surface area contributed by atoms with E-state index in [1.54, 1.807) is 6.20 Å². The highest BCUT2D eigenvalue weighted by atomic mass is 32.2. The summed E-state index contributed by atoms with van der Waals surface area (Å²) in [4.78, 5) is 32.7. The molecule has 5 nitrogen and oxygen atoms in total. The molecule has 0 fully saturated rings. The summed E-state index contributed by atoms with van der Waals surface area (Å²) < 4.78 is 0. The van der Waals surface area contributed by atoms with Crippen molar-refractivity contribution in [2.24, 2.45) is 5.92 Å². The minimum atomic E-state index is -0.161. The van der Waals surface area contributed by atoms with Crippen LogP contribution < -0.4 is 5.32 Å². The Balaban J connectivity index is 1.75. The van der Waals surface area contributed by atoms with E-state index in [0.29, 0.717) is 29.8 Å². The standard InChI is InChI=1S/C26H29N3O2S/c1-16(2)32-15-19-12-22-25(23(31)13-19)21(11-18-7-5-4-6-8-18)26(29-22)20-9-10-27-24(14-20)28-17(3)30/h4-10,14,16,19,29H,11-13,15H2,1-3H3,(H,27,28,30). The fourth-order valence-electron chi connectivity index (χ4n) is 4.32. The molecule has 1 aromatic carbocycles. The van der Waals surface area contributed by atoms with E-state index in [1.807, 2.05) is 42.1 Å². The molecule has 3 aromatic rings. The summed E-state index contributed by atoms with van der Waals surface area (Å²) in [5.41, 5.74) is 5.95. The number of carbonyl (C=O) groups is 2. The third-order valence-electron chi connectivity index (χ3n) is 5.67. The van der Waals surface area contributed by atoms with Crippen LogP contribution >= 0.6 is 11.8 Å². The van der Waals surface area contributed by atoms with E-state index in [9.17, 15) is 9.59 Å². The third kappa shape index (κ3) is 5.13. The number of anilines is 1. The fraction of sp³-hybridized carbons (Fsp3) is 0.346. The van der Waals surface area contributed by atoms with Crippen LogP contribution in [0.2, 0.25) is 0 Å². The summed E-state index contributed by atoms with van der Waals surface area (Å²) in [5.74, 6) is 1.92. The number of aromatic amines is 1. The van der Waals surface area contributed by atoms with Crippen molar-refractivity contribution in [2.45, 2.75) is 45.3 Å². The Morgan fingerprint density at radius 3 is 2.72 bits per heavy atom. The zero-order valence-electron chi connectivity index (χ0n) is 18.8. The zero-order valence-corrected chi connectivity index (χ0v) is 19.6. The number of nitrogens with one attached hydrogen (secondary N) is 2. The highest BCUT2D eigenvalue weighted by molar-refractivity contribution is 7.99. The molecule has 2 aromatic heterocycles. The van der Waals surface area contributed by atoms with Gasteiger partial charge < -0.3 is 10.3 Å². The predicted octanol–water partition coefficient (Wildman–Crippen LogP) is 5.51. The normalized spacial score (nSPS) is 15.6. The average Bonchev–Trinajstić information content (AvgIpc) is 3.11. The van der Waals surface area contributed by atoms with Gasteiger partial charge in [0.25, 0.3) is 0 Å². The number of ketones is 1. The van der Waals surface area contributed by atoms with Gasteiger partial charge in [0.1, 0.15) is 5.82 Å². The van der Waals surface area contributed by atoms with Gasteiger partial charge in [-0.1, -0.05) is 44.2 Å². The van der Waals surface area contributed by atoms with Crippen LogP contribution in [0, 0.1) is 5.92 Å². The lowest BCUT2D eigenvalue weighted by molar-refractivity contribution is -0.114. The summed E-state index contributed by atoms with van der Waals surface area (Å²) in [6.45, 7) is 5.86. The number of H-pyrrole nitrogens is 1. The van der Waals surface area contributed by atoms with E-state index in [0.717, 1.165) is 45.8 Å². The molecular weight excluding hydrogens is 418 g/mol. The summed E-state index contributed by atoms with van der Waals surface area (Å²) in [5, 5.41) is 3.31. The second kappa shape index (κ2) is 9.74. The first-order chi connectivity index (χ1) is 15.4. The van der Waals surface area contributed by atoms with Crippen molar-refractivity contribution in [3.8, 4) is 11.3 Å². The van der Waals surface area contributed by atoms with Crippen molar-refractivity contribution in [1.29, 1.82) is 0 Å². The number of fused-ring (bicyclic) bond motifs is 1. The monoisotopic (exact) mass is 447 g/mol. The van der Waals surface area contributed by atoms with Gasteiger partial charge in [0.15, 0.2) is 5.78 Å². The molecule has 0 bridgehead atoms. The second-order valence-electron chi connectivity index (χ2n) is 8.68. The Kier molecular flexibility index (Phi) is 6.80. The van der Waals surface area contributed by atoms with E-state index < -0.39 is 0 Å². The molecule has 1 aliphatic carbocycles. The molecule has 0 radical (unpaired) electrons. The van der Waals surface area contributed by atoms with Crippen LogP contribution in [0.1, 0.15) is 54.4 Å². The van der Waals surface area contributed by atoms with E-state index in [-0.39, 0.29) is 11.7 Å². The smallest absolute Gasteiger partial charge is 0.222 e. The van der Waals surface area contributed by atoms with Gasteiger partial charge in [-0.05, 0) is 46.6 Å². The van der Waals surface area contributed by atoms with Crippen LogP contribution in [-0.2, 0) is 17.6 Å². The summed E-state index contributed by atoms with van der Waals surface area (Å²) in [7, 11) is 0. The van der Waals surface area contributed by atoms with Crippen molar-refractivity contribution >= 4 is 29.3 Å². The maximum absolute atomic E-state index is 13.3. The van der Waals surface area contributed by atoms with Gasteiger partial charge in [0, 0.05) is 42.8 Å². The molecule has 0 saturated carbocycles. The molecule has 1 amide bonds. The van der Waals surface area contributed by atoms with Crippen molar-refractivity contribution in [3.63, 3.8) is 0 Å². The number of aromatic nitrogens is 2. The lowest BCUT2D eigenvalue weighted by Crippen LogP contribution is -2.22. The SMILES string of the molecule is CC(=O)Nc1cc(-c2[nH]c3c(c2Cc2ccccc2)C(=O)CC(CSC(C)C)C3)ccn1. The molecule has 0 saturated heterocycles. The van der Waals surface area contributed by atoms with Gasteiger partial charge in [-0.3, -0.25) is 9.59 Å². The van der Waals surface area contributed by atoms with Gasteiger partial charge >= 0.3 is 0 Å². The summed E-state index contributed by atoms with van der Waals surface area (Å²) >= 11 is 1.92. The van der Waals surface area contributed by atoms with E-state index in [2.05, 4.69) is 41.3 Å². The number of thioether (sulfide) groups is 1. The minimum absolute atomic E-state index is 0.161. The maximum atomic E-state index is 13.3. The van der Waals surface area contributed by atoms with E-state index in [1.165, 1.54) is 6.92 Å². The summed E-state index contributed by atoms with van der Waals surface area (Å²) in [6, 6.07) is 14.0. The number of carbonyl (C=O) groups excluding carboxylic acids is 2. The number of hydrogen-bond donors (Lipinski definition) is 2. The highest BCUT2D eigenvalue weighted by Crippen LogP contribution is 2.37. The number of nitrogens with zero attached hydrogens (tertiary/aromatic N) is 1. The molecule has 0 aliphatic heterocycles. The Labute approximate surface area is 193 Å². The lowest BCUT2D eigenvalue weighted by Gasteiger charge is -2.22. The predicted molar refractivity (Wildman–Crippen MR) is 131 cm³/mol. The Morgan fingerprint density at radius 2 is 2.00 bits per heavy atom. The Morgan fingerprint density at radius 1 is 1.22 bits per heavy atom. The summed E-state index contributed by atoms with van der Waals surface area (Å²) in [6.07, 6.45) is 3.85. The molecule has 2 N–H and O–H groups in total. The molecule has 1 atom stereocenters. The van der Waals surface area contributed by atoms with Crippen molar-refractivity contribution in [3.05, 3.63) is 71.0 Å².